The van der Waals surface area contributed by atoms with Crippen LogP contribution in [0, 0.1) is 11.8 Å². The molecule has 4 heteroatoms. The quantitative estimate of drug-likeness (QED) is 0.392. The second-order valence-corrected chi connectivity index (χ2v) is 4.36. The number of likely N-dealkylation sites (tertiary alicyclic amines) is 1. The van der Waals surface area contributed by atoms with E-state index in [1.807, 2.05) is 25.8 Å². The van der Waals surface area contributed by atoms with Crippen LogP contribution in [-0.4, -0.2) is 36.0 Å². The molecule has 0 amide bonds. The average Bonchev–Trinajstić information content (AvgIpc) is 2.38. The Morgan fingerprint density at radius 3 is 2.54 bits per heavy atom. The minimum absolute atomic E-state index is 0.243. The Bertz CT molecular complexity index is 285. The summed E-state index contributed by atoms with van der Waals surface area (Å²) in [6.45, 7) is 4.57. The van der Waals surface area contributed by atoms with Gasteiger partial charge in [-0.1, -0.05) is 0 Å². The van der Waals surface area contributed by atoms with Gasteiger partial charge >= 0.3 is 11.9 Å². The van der Waals surface area contributed by atoms with Gasteiger partial charge in [0.2, 0.25) is 0 Å². The first-order chi connectivity index (χ1) is 5.94. The monoisotopic (exact) mass is 183 g/mol. The number of carbonyl (C=O) groups excluding carboxylic acids is 2. The van der Waals surface area contributed by atoms with Crippen molar-refractivity contribution in [1.82, 2.24) is 4.90 Å². The summed E-state index contributed by atoms with van der Waals surface area (Å²) in [6, 6.07) is 0. The topological polar surface area (TPSA) is 46.6 Å². The summed E-state index contributed by atoms with van der Waals surface area (Å²) in [5, 5.41) is 0. The highest BCUT2D eigenvalue weighted by atomic mass is 16.6. The molecule has 2 aliphatic heterocycles. The van der Waals surface area contributed by atoms with E-state index >= 15 is 0 Å². The summed E-state index contributed by atoms with van der Waals surface area (Å²) >= 11 is 0. The number of carbonyl (C=O) groups is 2. The first-order valence-electron chi connectivity index (χ1n) is 4.41. The van der Waals surface area contributed by atoms with Crippen LogP contribution in [0.2, 0.25) is 0 Å². The number of cyclic esters (lactones) is 2. The molecule has 2 heterocycles. The summed E-state index contributed by atoms with van der Waals surface area (Å²) in [6.07, 6.45) is 0. The van der Waals surface area contributed by atoms with Crippen molar-refractivity contribution in [2.75, 3.05) is 13.6 Å². The van der Waals surface area contributed by atoms with E-state index in [2.05, 4.69) is 4.74 Å². The number of hydrogen-bond acceptors (Lipinski definition) is 4. The van der Waals surface area contributed by atoms with E-state index in [-0.39, 0.29) is 29.3 Å². The van der Waals surface area contributed by atoms with Gasteiger partial charge in [-0.25, -0.2) is 0 Å². The molecule has 0 bridgehead atoms. The molecule has 72 valence electrons. The van der Waals surface area contributed by atoms with Crippen molar-refractivity contribution in [2.24, 2.45) is 11.8 Å². The highest BCUT2D eigenvalue weighted by molar-refractivity contribution is 5.98. The Balaban J connectivity index is 2.38. The van der Waals surface area contributed by atoms with Crippen molar-refractivity contribution in [3.63, 3.8) is 0 Å². The molecule has 13 heavy (non-hydrogen) atoms. The SMILES string of the molecule is CN1CC2C(=O)OC(=O)C2C1(C)C. The highest BCUT2D eigenvalue weighted by Crippen LogP contribution is 2.42. The van der Waals surface area contributed by atoms with Crippen LogP contribution in [-0.2, 0) is 14.3 Å². The normalized spacial score (nSPS) is 37.8. The van der Waals surface area contributed by atoms with Crippen LogP contribution in [0.15, 0.2) is 0 Å². The summed E-state index contributed by atoms with van der Waals surface area (Å²) in [5.41, 5.74) is -0.256. The van der Waals surface area contributed by atoms with Gasteiger partial charge in [-0.05, 0) is 20.9 Å². The number of fused-ring (bicyclic) bond motifs is 1. The fraction of sp³-hybridized carbons (Fsp3) is 0.778. The van der Waals surface area contributed by atoms with Gasteiger partial charge in [0, 0.05) is 12.1 Å². The number of esters is 2. The van der Waals surface area contributed by atoms with Gasteiger partial charge in [0.05, 0.1) is 11.8 Å². The Hall–Kier alpha value is -0.900. The molecule has 0 spiro atoms. The molecule has 0 saturated carbocycles. The zero-order valence-corrected chi connectivity index (χ0v) is 8.03. The molecule has 2 aliphatic rings. The van der Waals surface area contributed by atoms with Crippen molar-refractivity contribution in [1.29, 1.82) is 0 Å². The van der Waals surface area contributed by atoms with E-state index in [4.69, 9.17) is 0 Å². The fourth-order valence-electron chi connectivity index (χ4n) is 2.27. The van der Waals surface area contributed by atoms with Gasteiger partial charge in [0.25, 0.3) is 0 Å². The predicted molar refractivity (Wildman–Crippen MR) is 44.8 cm³/mol. The zero-order valence-electron chi connectivity index (χ0n) is 8.03. The predicted octanol–water partition coefficient (Wildman–Crippen LogP) is 0.0262. The van der Waals surface area contributed by atoms with E-state index in [0.29, 0.717) is 6.54 Å². The van der Waals surface area contributed by atoms with Gasteiger partial charge in [-0.15, -0.1) is 0 Å². The average molecular weight is 183 g/mol. The lowest BCUT2D eigenvalue weighted by atomic mass is 9.84. The molecule has 2 rings (SSSR count). The van der Waals surface area contributed by atoms with E-state index in [0.717, 1.165) is 0 Å². The van der Waals surface area contributed by atoms with Crippen LogP contribution in [0.4, 0.5) is 0 Å². The van der Waals surface area contributed by atoms with Crippen LogP contribution in [0.5, 0.6) is 0 Å². The Morgan fingerprint density at radius 1 is 1.38 bits per heavy atom. The molecule has 2 saturated heterocycles. The molecule has 2 unspecified atom stereocenters. The van der Waals surface area contributed by atoms with E-state index in [1.165, 1.54) is 0 Å². The maximum Gasteiger partial charge on any atom is 0.319 e. The third kappa shape index (κ3) is 0.950. The summed E-state index contributed by atoms with van der Waals surface area (Å²) in [5.74, 6) is -1.23. The summed E-state index contributed by atoms with van der Waals surface area (Å²) < 4.78 is 4.61. The zero-order chi connectivity index (χ0) is 9.80. The van der Waals surface area contributed by atoms with Crippen LogP contribution in [0.25, 0.3) is 0 Å². The minimum atomic E-state index is -0.357. The van der Waals surface area contributed by atoms with Gasteiger partial charge in [-0.2, -0.15) is 0 Å². The number of rotatable bonds is 0. The third-order valence-corrected chi connectivity index (χ3v) is 3.38. The van der Waals surface area contributed by atoms with Crippen LogP contribution in [0.1, 0.15) is 13.8 Å². The molecule has 2 fully saturated rings. The Morgan fingerprint density at radius 2 is 2.00 bits per heavy atom. The second kappa shape index (κ2) is 2.32. The van der Waals surface area contributed by atoms with Crippen molar-refractivity contribution in [3.05, 3.63) is 0 Å². The van der Waals surface area contributed by atoms with Crippen molar-refractivity contribution in [3.8, 4) is 0 Å². The largest absolute Gasteiger partial charge is 0.393 e. The maximum atomic E-state index is 11.4. The van der Waals surface area contributed by atoms with Gasteiger partial charge < -0.3 is 4.74 Å². The van der Waals surface area contributed by atoms with E-state index in [9.17, 15) is 9.59 Å². The number of nitrogens with zero attached hydrogens (tertiary/aromatic N) is 1. The number of hydrogen-bond donors (Lipinski definition) is 0. The lowest BCUT2D eigenvalue weighted by Crippen LogP contribution is -2.42. The Labute approximate surface area is 76.8 Å². The minimum Gasteiger partial charge on any atom is -0.393 e. The first-order valence-corrected chi connectivity index (χ1v) is 4.41. The summed E-state index contributed by atoms with van der Waals surface area (Å²) in [7, 11) is 1.93. The van der Waals surface area contributed by atoms with Gasteiger partial charge in [0.1, 0.15) is 0 Å². The maximum absolute atomic E-state index is 11.4. The fourth-order valence-corrected chi connectivity index (χ4v) is 2.27. The third-order valence-electron chi connectivity index (χ3n) is 3.38. The summed E-state index contributed by atoms with van der Waals surface area (Å²) in [4.78, 5) is 24.6. The van der Waals surface area contributed by atoms with Crippen LogP contribution in [0.3, 0.4) is 0 Å². The van der Waals surface area contributed by atoms with E-state index in [1.54, 1.807) is 0 Å². The highest BCUT2D eigenvalue weighted by Gasteiger charge is 2.58. The van der Waals surface area contributed by atoms with Gasteiger partial charge in [0.15, 0.2) is 0 Å². The lowest BCUT2D eigenvalue weighted by Gasteiger charge is -2.30. The molecule has 4 nitrogen and oxygen atoms in total. The molecule has 0 aromatic heterocycles. The van der Waals surface area contributed by atoms with E-state index < -0.39 is 0 Å². The molecular weight excluding hydrogens is 170 g/mol. The Kier molecular flexibility index (Phi) is 1.55. The molecule has 0 N–H and O–H groups in total. The molecule has 0 radical (unpaired) electrons. The number of ether oxygens (including phenoxy) is 1. The molecule has 0 aromatic carbocycles. The van der Waals surface area contributed by atoms with Crippen LogP contribution < -0.4 is 0 Å². The lowest BCUT2D eigenvalue weighted by molar-refractivity contribution is -0.155. The van der Waals surface area contributed by atoms with Crippen molar-refractivity contribution in [2.45, 2.75) is 19.4 Å². The van der Waals surface area contributed by atoms with Crippen LogP contribution >= 0.6 is 0 Å². The smallest absolute Gasteiger partial charge is 0.319 e. The molecule has 0 aromatic rings. The molecule has 0 aliphatic carbocycles. The van der Waals surface area contributed by atoms with Gasteiger partial charge in [-0.3, -0.25) is 14.5 Å². The standard InChI is InChI=1S/C9H13NO3/c1-9(2)6-5(4-10(9)3)7(11)13-8(6)12/h5-6H,4H2,1-3H3. The molecular formula is C9H13NO3. The van der Waals surface area contributed by atoms with Crippen molar-refractivity contribution >= 4 is 11.9 Å². The first kappa shape index (κ1) is 8.69. The second-order valence-electron chi connectivity index (χ2n) is 4.36. The van der Waals surface area contributed by atoms with Crippen molar-refractivity contribution < 1.29 is 14.3 Å². The molecule has 2 atom stereocenters.